The highest BCUT2D eigenvalue weighted by molar-refractivity contribution is 9.10. The normalized spacial score (nSPS) is 14.3. The minimum absolute atomic E-state index is 0.0236. The van der Waals surface area contributed by atoms with Gasteiger partial charge in [-0.2, -0.15) is 9.61 Å². The molecule has 1 aliphatic heterocycles. The largest absolute Gasteiger partial charge is 0.366 e. The van der Waals surface area contributed by atoms with Crippen molar-refractivity contribution in [2.24, 2.45) is 0 Å². The molecule has 0 unspecified atom stereocenters. The summed E-state index contributed by atoms with van der Waals surface area (Å²) in [5.74, 6) is 1.86. The molecular formula is C22H28BrN7O. The standard InChI is InChI=1S/C22H28BrN7O/c1-28(2)15-21(31)26-17-8-6-16(7-9-17)13-24-19-12-20(29-10-4-3-5-11-29)27-22-18(23)14-25-30(19)22/h6-9,12,14,24H,3-5,10-11,13,15H2,1-2H3,(H,26,31). The van der Waals surface area contributed by atoms with Gasteiger partial charge < -0.3 is 20.4 Å². The van der Waals surface area contributed by atoms with Crippen LogP contribution < -0.4 is 15.5 Å². The number of nitrogens with zero attached hydrogens (tertiary/aromatic N) is 5. The van der Waals surface area contributed by atoms with Crippen LogP contribution in [0.15, 0.2) is 41.0 Å². The van der Waals surface area contributed by atoms with Crippen molar-refractivity contribution in [1.82, 2.24) is 19.5 Å². The Bertz CT molecular complexity index is 1040. The van der Waals surface area contributed by atoms with E-state index in [1.54, 1.807) is 6.20 Å². The first kappa shape index (κ1) is 21.6. The number of halogens is 1. The Labute approximate surface area is 190 Å². The molecule has 4 rings (SSSR count). The molecule has 0 bridgehead atoms. The van der Waals surface area contributed by atoms with Crippen molar-refractivity contribution < 1.29 is 4.79 Å². The van der Waals surface area contributed by atoms with Crippen LogP contribution in [-0.4, -0.2) is 59.1 Å². The number of anilines is 3. The summed E-state index contributed by atoms with van der Waals surface area (Å²) in [6.07, 6.45) is 5.46. The molecule has 31 heavy (non-hydrogen) atoms. The topological polar surface area (TPSA) is 77.8 Å². The van der Waals surface area contributed by atoms with E-state index < -0.39 is 0 Å². The fourth-order valence-electron chi connectivity index (χ4n) is 3.72. The summed E-state index contributed by atoms with van der Waals surface area (Å²) >= 11 is 3.57. The molecule has 2 N–H and O–H groups in total. The molecule has 0 saturated carbocycles. The zero-order valence-corrected chi connectivity index (χ0v) is 19.5. The first-order valence-corrected chi connectivity index (χ1v) is 11.4. The number of piperidine rings is 1. The minimum atomic E-state index is -0.0236. The Morgan fingerprint density at radius 1 is 1.16 bits per heavy atom. The third-order valence-electron chi connectivity index (χ3n) is 5.27. The summed E-state index contributed by atoms with van der Waals surface area (Å²) in [6.45, 7) is 3.08. The van der Waals surface area contributed by atoms with Gasteiger partial charge >= 0.3 is 0 Å². The van der Waals surface area contributed by atoms with E-state index in [0.717, 1.165) is 46.1 Å². The van der Waals surface area contributed by atoms with Gasteiger partial charge in [0.25, 0.3) is 0 Å². The van der Waals surface area contributed by atoms with Crippen molar-refractivity contribution in [3.63, 3.8) is 0 Å². The number of hydrogen-bond donors (Lipinski definition) is 2. The van der Waals surface area contributed by atoms with Crippen LogP contribution in [0.1, 0.15) is 24.8 Å². The number of aromatic nitrogens is 3. The maximum absolute atomic E-state index is 11.9. The zero-order chi connectivity index (χ0) is 21.8. The van der Waals surface area contributed by atoms with Gasteiger partial charge in [0, 0.05) is 31.4 Å². The summed E-state index contributed by atoms with van der Waals surface area (Å²) in [7, 11) is 3.75. The summed E-state index contributed by atoms with van der Waals surface area (Å²) in [5.41, 5.74) is 2.72. The van der Waals surface area contributed by atoms with Gasteiger partial charge in [-0.05, 0) is 67.0 Å². The number of carbonyl (C=O) groups is 1. The van der Waals surface area contributed by atoms with Crippen LogP contribution in [0.3, 0.4) is 0 Å². The van der Waals surface area contributed by atoms with Crippen LogP contribution in [0, 0.1) is 0 Å². The second kappa shape index (κ2) is 9.65. The number of benzene rings is 1. The van der Waals surface area contributed by atoms with E-state index in [9.17, 15) is 4.79 Å². The van der Waals surface area contributed by atoms with Gasteiger partial charge in [-0.25, -0.2) is 4.98 Å². The van der Waals surface area contributed by atoms with Crippen LogP contribution in [-0.2, 0) is 11.3 Å². The first-order valence-electron chi connectivity index (χ1n) is 10.6. The van der Waals surface area contributed by atoms with Crippen LogP contribution in [0.5, 0.6) is 0 Å². The van der Waals surface area contributed by atoms with Gasteiger partial charge in [-0.15, -0.1) is 0 Å². The zero-order valence-electron chi connectivity index (χ0n) is 17.9. The van der Waals surface area contributed by atoms with E-state index in [1.807, 2.05) is 47.8 Å². The molecule has 8 nitrogen and oxygen atoms in total. The van der Waals surface area contributed by atoms with Gasteiger partial charge in [-0.3, -0.25) is 4.79 Å². The Balaban J connectivity index is 1.47. The lowest BCUT2D eigenvalue weighted by Crippen LogP contribution is -2.30. The first-order chi connectivity index (χ1) is 15.0. The van der Waals surface area contributed by atoms with Crippen molar-refractivity contribution in [3.05, 3.63) is 46.6 Å². The third kappa shape index (κ3) is 5.34. The van der Waals surface area contributed by atoms with Gasteiger partial charge in [-0.1, -0.05) is 12.1 Å². The number of nitrogens with one attached hydrogen (secondary N) is 2. The highest BCUT2D eigenvalue weighted by atomic mass is 79.9. The molecular weight excluding hydrogens is 458 g/mol. The van der Waals surface area contributed by atoms with Gasteiger partial charge in [0.1, 0.15) is 11.6 Å². The van der Waals surface area contributed by atoms with Crippen LogP contribution in [0.25, 0.3) is 5.65 Å². The summed E-state index contributed by atoms with van der Waals surface area (Å²) in [4.78, 5) is 20.9. The van der Waals surface area contributed by atoms with Crippen molar-refractivity contribution in [2.75, 3.05) is 49.3 Å². The average Bonchev–Trinajstić information content (AvgIpc) is 3.14. The van der Waals surface area contributed by atoms with Crippen LogP contribution >= 0.6 is 15.9 Å². The third-order valence-corrected chi connectivity index (χ3v) is 5.83. The number of rotatable bonds is 7. The van der Waals surface area contributed by atoms with Gasteiger partial charge in [0.05, 0.1) is 17.2 Å². The van der Waals surface area contributed by atoms with E-state index in [1.165, 1.54) is 19.3 Å². The predicted molar refractivity (Wildman–Crippen MR) is 128 cm³/mol. The summed E-state index contributed by atoms with van der Waals surface area (Å²) in [6, 6.07) is 9.96. The predicted octanol–water partition coefficient (Wildman–Crippen LogP) is 3.59. The van der Waals surface area contributed by atoms with Crippen molar-refractivity contribution in [3.8, 4) is 0 Å². The molecule has 9 heteroatoms. The lowest BCUT2D eigenvalue weighted by molar-refractivity contribution is -0.116. The van der Waals surface area contributed by atoms with Crippen molar-refractivity contribution >= 4 is 44.8 Å². The van der Waals surface area contributed by atoms with E-state index in [2.05, 4.69) is 42.6 Å². The molecule has 0 spiro atoms. The molecule has 0 radical (unpaired) electrons. The monoisotopic (exact) mass is 485 g/mol. The Morgan fingerprint density at radius 3 is 2.61 bits per heavy atom. The molecule has 1 amide bonds. The number of fused-ring (bicyclic) bond motifs is 1. The molecule has 3 heterocycles. The SMILES string of the molecule is CN(C)CC(=O)Nc1ccc(CNc2cc(N3CCCCC3)nc3c(Br)cnn23)cc1. The van der Waals surface area contributed by atoms with Crippen LogP contribution in [0.2, 0.25) is 0 Å². The molecule has 1 aromatic carbocycles. The highest BCUT2D eigenvalue weighted by Gasteiger charge is 2.16. The second-order valence-electron chi connectivity index (χ2n) is 8.11. The molecule has 0 aliphatic carbocycles. The molecule has 2 aromatic heterocycles. The second-order valence-corrected chi connectivity index (χ2v) is 8.97. The molecule has 1 aliphatic rings. The van der Waals surface area contributed by atoms with Crippen LogP contribution in [0.4, 0.5) is 17.3 Å². The minimum Gasteiger partial charge on any atom is -0.366 e. The molecule has 0 atom stereocenters. The Morgan fingerprint density at radius 2 is 1.90 bits per heavy atom. The van der Waals surface area contributed by atoms with E-state index in [0.29, 0.717) is 13.1 Å². The van der Waals surface area contributed by atoms with Crippen molar-refractivity contribution in [2.45, 2.75) is 25.8 Å². The van der Waals surface area contributed by atoms with E-state index >= 15 is 0 Å². The number of carbonyl (C=O) groups excluding carboxylic acids is 1. The maximum Gasteiger partial charge on any atom is 0.238 e. The maximum atomic E-state index is 11.9. The quantitative estimate of drug-likeness (QED) is 0.532. The Kier molecular flexibility index (Phi) is 6.72. The summed E-state index contributed by atoms with van der Waals surface area (Å²) < 4.78 is 2.71. The average molecular weight is 486 g/mol. The van der Waals surface area contributed by atoms with E-state index in [-0.39, 0.29) is 5.91 Å². The lowest BCUT2D eigenvalue weighted by Gasteiger charge is -2.28. The van der Waals surface area contributed by atoms with Gasteiger partial charge in [0.15, 0.2) is 5.65 Å². The Hall–Kier alpha value is -2.65. The molecule has 1 fully saturated rings. The molecule has 1 saturated heterocycles. The van der Waals surface area contributed by atoms with E-state index in [4.69, 9.17) is 4.98 Å². The number of amides is 1. The molecule has 3 aromatic rings. The smallest absolute Gasteiger partial charge is 0.238 e. The lowest BCUT2D eigenvalue weighted by atomic mass is 10.1. The summed E-state index contributed by atoms with van der Waals surface area (Å²) in [5, 5.41) is 10.9. The number of hydrogen-bond acceptors (Lipinski definition) is 6. The van der Waals surface area contributed by atoms with Gasteiger partial charge in [0.2, 0.25) is 5.91 Å². The fourth-order valence-corrected chi connectivity index (χ4v) is 4.07. The van der Waals surface area contributed by atoms with Crippen molar-refractivity contribution in [1.29, 1.82) is 0 Å². The highest BCUT2D eigenvalue weighted by Crippen LogP contribution is 2.26. The number of likely N-dealkylation sites (N-methyl/N-ethyl adjacent to an activating group) is 1. The molecule has 164 valence electrons. The fraction of sp³-hybridized carbons (Fsp3) is 0.409.